The monoisotopic (exact) mass is 345 g/mol. The first-order valence-electron chi connectivity index (χ1n) is 7.49. The zero-order valence-corrected chi connectivity index (χ0v) is 14.8. The van der Waals surface area contributed by atoms with E-state index in [1.54, 1.807) is 19.1 Å². The molecule has 0 aliphatic carbocycles. The second-order valence-corrected chi connectivity index (χ2v) is 7.54. The zero-order chi connectivity index (χ0) is 17.5. The fourth-order valence-corrected chi connectivity index (χ4v) is 3.84. The van der Waals surface area contributed by atoms with Gasteiger partial charge in [0.1, 0.15) is 16.3 Å². The van der Waals surface area contributed by atoms with Crippen LogP contribution in [0.5, 0.6) is 0 Å². The van der Waals surface area contributed by atoms with Gasteiger partial charge >= 0.3 is 0 Å². The maximum absolute atomic E-state index is 12.7. The van der Waals surface area contributed by atoms with Gasteiger partial charge in [0.2, 0.25) is 0 Å². The van der Waals surface area contributed by atoms with Crippen LogP contribution in [0.25, 0.3) is 11.5 Å². The molecule has 2 heterocycles. The number of aromatic nitrogens is 2. The molecule has 0 fully saturated rings. The Hall–Kier alpha value is -2.54. The van der Waals surface area contributed by atoms with Crippen LogP contribution >= 0.6 is 0 Å². The smallest absolute Gasteiger partial charge is 0.265 e. The van der Waals surface area contributed by atoms with Gasteiger partial charge in [-0.05, 0) is 45.4 Å². The average molecular weight is 345 g/mol. The van der Waals surface area contributed by atoms with Crippen LogP contribution in [0.3, 0.4) is 0 Å². The number of furan rings is 1. The lowest BCUT2D eigenvalue weighted by molar-refractivity contribution is 0.533. The largest absolute Gasteiger partial charge is 0.458 e. The Morgan fingerprint density at radius 1 is 1.08 bits per heavy atom. The molecule has 0 unspecified atom stereocenters. The number of hydrogen-bond donors (Lipinski definition) is 2. The summed E-state index contributed by atoms with van der Waals surface area (Å²) >= 11 is 0. The summed E-state index contributed by atoms with van der Waals surface area (Å²) in [5, 5.41) is 6.91. The molecule has 24 heavy (non-hydrogen) atoms. The summed E-state index contributed by atoms with van der Waals surface area (Å²) in [5.41, 5.74) is 3.94. The van der Waals surface area contributed by atoms with Crippen LogP contribution in [0.15, 0.2) is 39.6 Å². The van der Waals surface area contributed by atoms with Crippen LogP contribution in [0.1, 0.15) is 22.6 Å². The lowest BCUT2D eigenvalue weighted by Gasteiger charge is -2.10. The van der Waals surface area contributed by atoms with Crippen molar-refractivity contribution in [1.29, 1.82) is 0 Å². The van der Waals surface area contributed by atoms with Crippen molar-refractivity contribution >= 4 is 15.7 Å². The Kier molecular flexibility index (Phi) is 3.96. The van der Waals surface area contributed by atoms with Gasteiger partial charge in [0, 0.05) is 11.8 Å². The fourth-order valence-electron chi connectivity index (χ4n) is 2.53. The minimum absolute atomic E-state index is 0.109. The summed E-state index contributed by atoms with van der Waals surface area (Å²) in [6.45, 7) is 7.32. The van der Waals surface area contributed by atoms with Gasteiger partial charge in [0.25, 0.3) is 10.0 Å². The molecule has 0 aliphatic rings. The van der Waals surface area contributed by atoms with Gasteiger partial charge in [-0.2, -0.15) is 5.10 Å². The predicted octanol–water partition coefficient (Wildman–Crippen LogP) is 3.70. The third kappa shape index (κ3) is 3.07. The van der Waals surface area contributed by atoms with Gasteiger partial charge in [0.05, 0.1) is 5.69 Å². The third-order valence-corrected chi connectivity index (χ3v) is 5.22. The molecule has 0 saturated carbocycles. The second kappa shape index (κ2) is 5.83. The SMILES string of the molecule is Cc1ccc(NS(=O)(=O)c2cc(-c3cc(C)[nH]n3)oc2C)c(C)c1. The van der Waals surface area contributed by atoms with E-state index < -0.39 is 10.0 Å². The minimum atomic E-state index is -3.74. The van der Waals surface area contributed by atoms with Crippen molar-refractivity contribution in [3.63, 3.8) is 0 Å². The maximum Gasteiger partial charge on any atom is 0.265 e. The fraction of sp³-hybridized carbons (Fsp3) is 0.235. The standard InChI is InChI=1S/C17H19N3O3S/c1-10-5-6-14(11(2)7-10)20-24(21,22)17-9-16(23-13(17)4)15-8-12(3)18-19-15/h5-9,20H,1-4H3,(H,18,19). The maximum atomic E-state index is 12.7. The second-order valence-electron chi connectivity index (χ2n) is 5.89. The number of nitrogens with zero attached hydrogens (tertiary/aromatic N) is 1. The Morgan fingerprint density at radius 3 is 2.46 bits per heavy atom. The summed E-state index contributed by atoms with van der Waals surface area (Å²) in [6, 6.07) is 8.85. The molecular formula is C17H19N3O3S. The number of hydrogen-bond acceptors (Lipinski definition) is 4. The molecule has 3 rings (SSSR count). The van der Waals surface area contributed by atoms with Gasteiger partial charge in [-0.1, -0.05) is 17.7 Å². The molecule has 0 spiro atoms. The number of rotatable bonds is 4. The lowest BCUT2D eigenvalue weighted by Crippen LogP contribution is -2.14. The van der Waals surface area contributed by atoms with E-state index in [4.69, 9.17) is 4.42 Å². The first kappa shape index (κ1) is 16.3. The number of benzene rings is 1. The van der Waals surface area contributed by atoms with Crippen LogP contribution in [0.2, 0.25) is 0 Å². The number of aryl methyl sites for hydroxylation is 4. The van der Waals surface area contributed by atoms with E-state index in [2.05, 4.69) is 14.9 Å². The van der Waals surface area contributed by atoms with Crippen molar-refractivity contribution in [2.45, 2.75) is 32.6 Å². The van der Waals surface area contributed by atoms with Crippen LogP contribution in [0.4, 0.5) is 5.69 Å². The molecule has 0 amide bonds. The lowest BCUT2D eigenvalue weighted by atomic mass is 10.1. The van der Waals surface area contributed by atoms with E-state index in [1.165, 1.54) is 6.07 Å². The minimum Gasteiger partial charge on any atom is -0.458 e. The Morgan fingerprint density at radius 2 is 1.83 bits per heavy atom. The highest BCUT2D eigenvalue weighted by atomic mass is 32.2. The molecule has 0 bridgehead atoms. The molecule has 126 valence electrons. The molecule has 1 aromatic carbocycles. The van der Waals surface area contributed by atoms with Crippen LogP contribution in [-0.4, -0.2) is 18.6 Å². The van der Waals surface area contributed by atoms with Crippen LogP contribution < -0.4 is 4.72 Å². The van der Waals surface area contributed by atoms with E-state index in [0.717, 1.165) is 16.8 Å². The number of nitrogens with one attached hydrogen (secondary N) is 2. The highest BCUT2D eigenvalue weighted by Crippen LogP contribution is 2.29. The van der Waals surface area contributed by atoms with Crippen molar-refractivity contribution in [2.75, 3.05) is 4.72 Å². The first-order valence-corrected chi connectivity index (χ1v) is 8.97. The van der Waals surface area contributed by atoms with Crippen LogP contribution in [0, 0.1) is 27.7 Å². The van der Waals surface area contributed by atoms with Crippen molar-refractivity contribution in [1.82, 2.24) is 10.2 Å². The summed E-state index contributed by atoms with van der Waals surface area (Å²) < 4.78 is 33.6. The zero-order valence-electron chi connectivity index (χ0n) is 14.0. The van der Waals surface area contributed by atoms with E-state index in [0.29, 0.717) is 22.9 Å². The first-order chi connectivity index (χ1) is 11.3. The van der Waals surface area contributed by atoms with Gasteiger partial charge in [-0.3, -0.25) is 9.82 Å². The van der Waals surface area contributed by atoms with Crippen molar-refractivity contribution in [3.05, 3.63) is 52.9 Å². The van der Waals surface area contributed by atoms with E-state index in [-0.39, 0.29) is 4.90 Å². The van der Waals surface area contributed by atoms with Gasteiger partial charge < -0.3 is 4.42 Å². The highest BCUT2D eigenvalue weighted by Gasteiger charge is 2.23. The Labute approximate surface area is 141 Å². The molecule has 7 heteroatoms. The summed E-state index contributed by atoms with van der Waals surface area (Å²) in [7, 11) is -3.74. The molecule has 2 aromatic heterocycles. The summed E-state index contributed by atoms with van der Waals surface area (Å²) in [5.74, 6) is 0.737. The normalized spacial score (nSPS) is 11.7. The molecule has 6 nitrogen and oxygen atoms in total. The number of sulfonamides is 1. The van der Waals surface area contributed by atoms with E-state index in [1.807, 2.05) is 32.9 Å². The summed E-state index contributed by atoms with van der Waals surface area (Å²) in [4.78, 5) is 0.109. The molecule has 0 saturated heterocycles. The van der Waals surface area contributed by atoms with Gasteiger partial charge in [-0.25, -0.2) is 8.42 Å². The molecular weight excluding hydrogens is 326 g/mol. The van der Waals surface area contributed by atoms with E-state index >= 15 is 0 Å². The number of anilines is 1. The molecule has 0 atom stereocenters. The topological polar surface area (TPSA) is 88.0 Å². The van der Waals surface area contributed by atoms with Crippen molar-refractivity contribution in [3.8, 4) is 11.5 Å². The number of aromatic amines is 1. The van der Waals surface area contributed by atoms with Crippen molar-refractivity contribution < 1.29 is 12.8 Å². The third-order valence-electron chi connectivity index (χ3n) is 3.75. The Bertz CT molecular complexity index is 1000. The van der Waals surface area contributed by atoms with E-state index in [9.17, 15) is 8.42 Å². The predicted molar refractivity (Wildman–Crippen MR) is 92.5 cm³/mol. The molecule has 3 aromatic rings. The molecule has 2 N–H and O–H groups in total. The Balaban J connectivity index is 1.96. The van der Waals surface area contributed by atoms with Crippen LogP contribution in [-0.2, 0) is 10.0 Å². The highest BCUT2D eigenvalue weighted by molar-refractivity contribution is 7.92. The molecule has 0 radical (unpaired) electrons. The summed E-state index contributed by atoms with van der Waals surface area (Å²) in [6.07, 6.45) is 0. The quantitative estimate of drug-likeness (QED) is 0.754. The average Bonchev–Trinajstić information content (AvgIpc) is 3.08. The molecule has 0 aliphatic heterocycles. The van der Waals surface area contributed by atoms with Crippen molar-refractivity contribution in [2.24, 2.45) is 0 Å². The van der Waals surface area contributed by atoms with Gasteiger partial charge in [-0.15, -0.1) is 0 Å². The number of H-pyrrole nitrogens is 1. The van der Waals surface area contributed by atoms with Gasteiger partial charge in [0.15, 0.2) is 5.76 Å².